The molecule has 0 fully saturated rings. The summed E-state index contributed by atoms with van der Waals surface area (Å²) >= 11 is 0. The van der Waals surface area contributed by atoms with Crippen molar-refractivity contribution < 1.29 is 23.7 Å². The Hall–Kier alpha value is -3.67. The molecule has 3 aromatic carbocycles. The highest BCUT2D eigenvalue weighted by Crippen LogP contribution is 2.34. The quantitative estimate of drug-likeness (QED) is 0.591. The fourth-order valence-corrected chi connectivity index (χ4v) is 3.72. The van der Waals surface area contributed by atoms with Crippen LogP contribution in [0.5, 0.6) is 23.0 Å². The molecule has 0 saturated carbocycles. The van der Waals surface area contributed by atoms with E-state index in [0.717, 1.165) is 23.3 Å². The lowest BCUT2D eigenvalue weighted by Gasteiger charge is -2.21. The summed E-state index contributed by atoms with van der Waals surface area (Å²) in [6.07, 6.45) is 1.47. The fraction of sp³-hybridized carbons (Fsp3) is 0.269. The minimum Gasteiger partial charge on any atom is -0.497 e. The lowest BCUT2D eigenvalue weighted by Crippen LogP contribution is -2.30. The molecule has 1 atom stereocenters. The van der Waals surface area contributed by atoms with Crippen molar-refractivity contribution in [2.75, 3.05) is 27.4 Å². The summed E-state index contributed by atoms with van der Waals surface area (Å²) in [7, 11) is 3.12. The van der Waals surface area contributed by atoms with Gasteiger partial charge in [0, 0.05) is 12.5 Å². The SMILES string of the molecule is COc1ccc(C(=O)NC(Cc2ccccc2)c2ccc3c(c2)OCCCO3)c(OC)c1. The first-order valence-corrected chi connectivity index (χ1v) is 10.6. The van der Waals surface area contributed by atoms with Crippen LogP contribution in [0.2, 0.25) is 0 Å². The van der Waals surface area contributed by atoms with Crippen molar-refractivity contribution in [1.82, 2.24) is 5.32 Å². The van der Waals surface area contributed by atoms with Crippen LogP contribution >= 0.6 is 0 Å². The van der Waals surface area contributed by atoms with E-state index < -0.39 is 0 Å². The number of nitrogens with one attached hydrogen (secondary N) is 1. The maximum absolute atomic E-state index is 13.3. The van der Waals surface area contributed by atoms with E-state index in [1.165, 1.54) is 7.11 Å². The molecule has 1 aliphatic heterocycles. The predicted molar refractivity (Wildman–Crippen MR) is 122 cm³/mol. The van der Waals surface area contributed by atoms with Crippen molar-refractivity contribution in [3.05, 3.63) is 83.4 Å². The van der Waals surface area contributed by atoms with Crippen molar-refractivity contribution in [1.29, 1.82) is 0 Å². The normalized spacial score (nSPS) is 13.6. The molecular formula is C26H27NO5. The highest BCUT2D eigenvalue weighted by atomic mass is 16.5. The maximum atomic E-state index is 13.3. The molecule has 6 nitrogen and oxygen atoms in total. The topological polar surface area (TPSA) is 66.0 Å². The number of benzene rings is 3. The average Bonchev–Trinajstić information content (AvgIpc) is 3.08. The largest absolute Gasteiger partial charge is 0.497 e. The molecule has 166 valence electrons. The van der Waals surface area contributed by atoms with Crippen LogP contribution in [0.15, 0.2) is 66.7 Å². The van der Waals surface area contributed by atoms with Gasteiger partial charge < -0.3 is 24.3 Å². The number of methoxy groups -OCH3 is 2. The lowest BCUT2D eigenvalue weighted by molar-refractivity contribution is 0.0933. The Bertz CT molecular complexity index is 1070. The molecule has 0 radical (unpaired) electrons. The Kier molecular flexibility index (Phi) is 6.80. The zero-order chi connectivity index (χ0) is 22.3. The summed E-state index contributed by atoms with van der Waals surface area (Å²) < 4.78 is 22.3. The van der Waals surface area contributed by atoms with Crippen LogP contribution in [0, 0.1) is 0 Å². The molecule has 0 saturated heterocycles. The highest BCUT2D eigenvalue weighted by molar-refractivity contribution is 5.97. The number of carbonyl (C=O) groups is 1. The van der Waals surface area contributed by atoms with Gasteiger partial charge in [0.1, 0.15) is 11.5 Å². The molecule has 1 heterocycles. The number of amides is 1. The van der Waals surface area contributed by atoms with E-state index in [0.29, 0.717) is 42.4 Å². The van der Waals surface area contributed by atoms with Gasteiger partial charge in [0.2, 0.25) is 0 Å². The van der Waals surface area contributed by atoms with Gasteiger partial charge in [-0.2, -0.15) is 0 Å². The van der Waals surface area contributed by atoms with E-state index in [2.05, 4.69) is 17.4 Å². The molecule has 0 aromatic heterocycles. The van der Waals surface area contributed by atoms with Crippen molar-refractivity contribution in [2.24, 2.45) is 0 Å². The second-order valence-corrected chi connectivity index (χ2v) is 7.54. The van der Waals surface area contributed by atoms with Gasteiger partial charge >= 0.3 is 0 Å². The maximum Gasteiger partial charge on any atom is 0.255 e. The number of rotatable bonds is 7. The van der Waals surface area contributed by atoms with E-state index in [9.17, 15) is 4.79 Å². The van der Waals surface area contributed by atoms with Crippen LogP contribution in [0.4, 0.5) is 0 Å². The molecule has 0 aliphatic carbocycles. The number of fused-ring (bicyclic) bond motifs is 1. The van der Waals surface area contributed by atoms with E-state index in [-0.39, 0.29) is 11.9 Å². The molecule has 1 N–H and O–H groups in total. The summed E-state index contributed by atoms with van der Waals surface area (Å²) in [6.45, 7) is 1.24. The smallest absolute Gasteiger partial charge is 0.255 e. The summed E-state index contributed by atoms with van der Waals surface area (Å²) in [5, 5.41) is 3.18. The van der Waals surface area contributed by atoms with Crippen molar-refractivity contribution >= 4 is 5.91 Å². The van der Waals surface area contributed by atoms with Gasteiger partial charge in [-0.25, -0.2) is 0 Å². The number of ether oxygens (including phenoxy) is 4. The molecule has 32 heavy (non-hydrogen) atoms. The van der Waals surface area contributed by atoms with Gasteiger partial charge in [-0.05, 0) is 41.8 Å². The Morgan fingerprint density at radius 1 is 0.938 bits per heavy atom. The molecule has 1 aliphatic rings. The third-order valence-corrected chi connectivity index (χ3v) is 5.42. The van der Waals surface area contributed by atoms with Gasteiger partial charge in [-0.1, -0.05) is 36.4 Å². The minimum atomic E-state index is -0.270. The van der Waals surface area contributed by atoms with E-state index in [1.807, 2.05) is 36.4 Å². The first-order valence-electron chi connectivity index (χ1n) is 10.6. The van der Waals surface area contributed by atoms with E-state index >= 15 is 0 Å². The fourth-order valence-electron chi connectivity index (χ4n) is 3.72. The lowest BCUT2D eigenvalue weighted by atomic mass is 9.97. The zero-order valence-electron chi connectivity index (χ0n) is 18.3. The molecule has 1 unspecified atom stereocenters. The summed E-state index contributed by atoms with van der Waals surface area (Å²) in [5.41, 5.74) is 2.51. The Morgan fingerprint density at radius 3 is 2.47 bits per heavy atom. The minimum absolute atomic E-state index is 0.224. The summed E-state index contributed by atoms with van der Waals surface area (Å²) in [6, 6.07) is 20.8. The van der Waals surface area contributed by atoms with Crippen molar-refractivity contribution in [2.45, 2.75) is 18.9 Å². The van der Waals surface area contributed by atoms with Crippen LogP contribution in [0.25, 0.3) is 0 Å². The molecule has 6 heteroatoms. The van der Waals surface area contributed by atoms with Crippen molar-refractivity contribution in [3.8, 4) is 23.0 Å². The summed E-state index contributed by atoms with van der Waals surface area (Å²) in [5.74, 6) is 2.29. The van der Waals surface area contributed by atoms with E-state index in [4.69, 9.17) is 18.9 Å². The number of hydrogen-bond donors (Lipinski definition) is 1. The van der Waals surface area contributed by atoms with Gasteiger partial charge in [0.05, 0.1) is 39.0 Å². The molecule has 3 aromatic rings. The molecule has 4 rings (SSSR count). The highest BCUT2D eigenvalue weighted by Gasteiger charge is 2.21. The van der Waals surface area contributed by atoms with Crippen LogP contribution in [-0.2, 0) is 6.42 Å². The number of hydrogen-bond acceptors (Lipinski definition) is 5. The van der Waals surface area contributed by atoms with E-state index in [1.54, 1.807) is 25.3 Å². The second kappa shape index (κ2) is 10.1. The standard InChI is InChI=1S/C26H27NO5/c1-29-20-10-11-21(24(17-20)30-2)26(28)27-22(15-18-7-4-3-5-8-18)19-9-12-23-25(16-19)32-14-6-13-31-23/h3-5,7-12,16-17,22H,6,13-15H2,1-2H3,(H,27,28). The Balaban J connectivity index is 1.64. The molecular weight excluding hydrogens is 406 g/mol. The Labute approximate surface area is 188 Å². The van der Waals surface area contributed by atoms with Crippen molar-refractivity contribution in [3.63, 3.8) is 0 Å². The first kappa shape index (κ1) is 21.6. The van der Waals surface area contributed by atoms with Gasteiger partial charge in [-0.3, -0.25) is 4.79 Å². The monoisotopic (exact) mass is 433 g/mol. The van der Waals surface area contributed by atoms with Crippen LogP contribution in [-0.4, -0.2) is 33.3 Å². The van der Waals surface area contributed by atoms with Gasteiger partial charge in [-0.15, -0.1) is 0 Å². The third-order valence-electron chi connectivity index (χ3n) is 5.42. The molecule has 1 amide bonds. The van der Waals surface area contributed by atoms with Crippen LogP contribution in [0.1, 0.15) is 33.9 Å². The Morgan fingerprint density at radius 2 is 1.72 bits per heavy atom. The van der Waals surface area contributed by atoms with Gasteiger partial charge in [0.25, 0.3) is 5.91 Å². The molecule has 0 spiro atoms. The average molecular weight is 434 g/mol. The van der Waals surface area contributed by atoms with Gasteiger partial charge in [0.15, 0.2) is 11.5 Å². The van der Waals surface area contributed by atoms with Crippen LogP contribution < -0.4 is 24.3 Å². The molecule has 0 bridgehead atoms. The summed E-state index contributed by atoms with van der Waals surface area (Å²) in [4.78, 5) is 13.3. The zero-order valence-corrected chi connectivity index (χ0v) is 18.3. The second-order valence-electron chi connectivity index (χ2n) is 7.54. The first-order chi connectivity index (χ1) is 15.7. The number of carbonyl (C=O) groups excluding carboxylic acids is 1. The third kappa shape index (κ3) is 4.97. The predicted octanol–water partition coefficient (Wildman–Crippen LogP) is 4.58. The van der Waals surface area contributed by atoms with Crippen LogP contribution in [0.3, 0.4) is 0 Å².